The fourth-order valence-electron chi connectivity index (χ4n) is 0.989. The Kier molecular flexibility index (Phi) is 19.8. The topological polar surface area (TPSA) is 105 Å². The first-order chi connectivity index (χ1) is 12.2. The summed E-state index contributed by atoms with van der Waals surface area (Å²) >= 11 is 0. The van der Waals surface area contributed by atoms with Gasteiger partial charge in [-0.05, 0) is 12.1 Å². The first-order valence-corrected chi connectivity index (χ1v) is 7.64. The summed E-state index contributed by atoms with van der Waals surface area (Å²) in [5.41, 5.74) is 0.241. The molecule has 26 heavy (non-hydrogen) atoms. The van der Waals surface area contributed by atoms with Crippen molar-refractivity contribution in [3.63, 3.8) is 0 Å². The lowest BCUT2D eigenvalue weighted by atomic mass is 10.2. The molecule has 0 spiro atoms. The van der Waals surface area contributed by atoms with E-state index in [0.717, 1.165) is 0 Å². The number of benzene rings is 1. The quantitative estimate of drug-likeness (QED) is 0.443. The molecule has 0 radical (unpaired) electrons. The fraction of sp³-hybridized carbons (Fsp3) is 0.444. The highest BCUT2D eigenvalue weighted by molar-refractivity contribution is 5.93. The molecule has 0 fully saturated rings. The molecule has 8 heteroatoms. The zero-order valence-electron chi connectivity index (χ0n) is 16.6. The minimum atomic E-state index is -0.526. The van der Waals surface area contributed by atoms with Gasteiger partial charge >= 0.3 is 23.9 Å². The Morgan fingerprint density at radius 3 is 1.38 bits per heavy atom. The second-order valence-electron chi connectivity index (χ2n) is 3.97. The van der Waals surface area contributed by atoms with Crippen molar-refractivity contribution in [3.8, 4) is 5.75 Å². The van der Waals surface area contributed by atoms with Gasteiger partial charge in [-0.1, -0.05) is 26.0 Å². The predicted molar refractivity (Wildman–Crippen MR) is 95.8 cm³/mol. The number of hydrogen-bond donors (Lipinski definition) is 0. The van der Waals surface area contributed by atoms with Crippen LogP contribution in [0.2, 0.25) is 0 Å². The van der Waals surface area contributed by atoms with Gasteiger partial charge in [0.1, 0.15) is 11.3 Å². The molecular weight excluding hydrogens is 344 g/mol. The molecule has 8 nitrogen and oxygen atoms in total. The maximum absolute atomic E-state index is 11.2. The normalized spacial score (nSPS) is 7.85. The van der Waals surface area contributed by atoms with E-state index < -0.39 is 11.9 Å². The van der Waals surface area contributed by atoms with Crippen LogP contribution in [0.1, 0.15) is 45.0 Å². The van der Waals surface area contributed by atoms with E-state index in [1.807, 2.05) is 13.8 Å². The van der Waals surface area contributed by atoms with Gasteiger partial charge in [0.25, 0.3) is 0 Å². The Morgan fingerprint density at radius 1 is 0.692 bits per heavy atom. The van der Waals surface area contributed by atoms with Crippen LogP contribution in [0, 0.1) is 0 Å². The van der Waals surface area contributed by atoms with Crippen LogP contribution in [-0.4, -0.2) is 45.2 Å². The lowest BCUT2D eigenvalue weighted by Gasteiger charge is -2.05. The number of carbonyl (C=O) groups excluding carboxylic acids is 4. The lowest BCUT2D eigenvalue weighted by molar-refractivity contribution is -0.138. The predicted octanol–water partition coefficient (Wildman–Crippen LogP) is 2.78. The Labute approximate surface area is 154 Å². The summed E-state index contributed by atoms with van der Waals surface area (Å²) in [7, 11) is 3.97. The maximum atomic E-state index is 11.2. The van der Waals surface area contributed by atoms with Crippen molar-refractivity contribution in [2.45, 2.75) is 34.6 Å². The molecule has 1 aromatic rings. The molecule has 0 aliphatic carbocycles. The minimum absolute atomic E-state index is 0.215. The zero-order valence-corrected chi connectivity index (χ0v) is 16.6. The fourth-order valence-corrected chi connectivity index (χ4v) is 0.989. The molecule has 0 N–H and O–H groups in total. The molecule has 0 saturated heterocycles. The number of hydrogen-bond acceptors (Lipinski definition) is 8. The number of para-hydroxylation sites is 1. The van der Waals surface area contributed by atoms with Crippen molar-refractivity contribution in [2.75, 3.05) is 21.3 Å². The molecule has 148 valence electrons. The summed E-state index contributed by atoms with van der Waals surface area (Å²) in [5, 5.41) is 0. The molecule has 0 aliphatic heterocycles. The molecule has 1 aromatic carbocycles. The van der Waals surface area contributed by atoms with Crippen molar-refractivity contribution >= 4 is 23.9 Å². The minimum Gasteiger partial charge on any atom is -0.469 e. The molecule has 0 heterocycles. The summed E-state index contributed by atoms with van der Waals surface area (Å²) < 4.78 is 17.6. The molecule has 0 amide bonds. The second-order valence-corrected chi connectivity index (χ2v) is 3.97. The summed E-state index contributed by atoms with van der Waals surface area (Å²) in [5.74, 6) is -1.27. The van der Waals surface area contributed by atoms with Gasteiger partial charge in [-0.3, -0.25) is 14.4 Å². The largest absolute Gasteiger partial charge is 0.469 e. The van der Waals surface area contributed by atoms with Crippen LogP contribution in [0.4, 0.5) is 0 Å². The number of carbonyl (C=O) groups is 4. The van der Waals surface area contributed by atoms with Crippen LogP contribution in [0.25, 0.3) is 0 Å². The molecule has 0 aliphatic rings. The van der Waals surface area contributed by atoms with Crippen molar-refractivity contribution in [1.82, 2.24) is 0 Å². The van der Waals surface area contributed by atoms with Crippen LogP contribution in [-0.2, 0) is 28.6 Å². The average Bonchev–Trinajstić information content (AvgIpc) is 2.63. The zero-order chi connectivity index (χ0) is 21.1. The maximum Gasteiger partial charge on any atom is 0.341 e. The van der Waals surface area contributed by atoms with Crippen LogP contribution in [0.3, 0.4) is 0 Å². The van der Waals surface area contributed by atoms with E-state index >= 15 is 0 Å². The lowest BCUT2D eigenvalue weighted by Crippen LogP contribution is -2.08. The average molecular weight is 372 g/mol. The third-order valence-electron chi connectivity index (χ3n) is 2.12. The molecule has 1 rings (SSSR count). The molecule has 0 atom stereocenters. The Hall–Kier alpha value is -2.90. The summed E-state index contributed by atoms with van der Waals surface area (Å²) in [6.45, 7) is 7.99. The van der Waals surface area contributed by atoms with E-state index in [1.165, 1.54) is 54.2 Å². The van der Waals surface area contributed by atoms with Crippen molar-refractivity contribution in [2.24, 2.45) is 0 Å². The van der Waals surface area contributed by atoms with Gasteiger partial charge in [-0.2, -0.15) is 0 Å². The van der Waals surface area contributed by atoms with E-state index in [-0.39, 0.29) is 23.3 Å². The number of ether oxygens (including phenoxy) is 4. The Balaban J connectivity index is -0.000000366. The van der Waals surface area contributed by atoms with Gasteiger partial charge < -0.3 is 18.9 Å². The molecule has 0 saturated carbocycles. The third-order valence-corrected chi connectivity index (χ3v) is 2.12. The number of rotatable bonds is 2. The summed E-state index contributed by atoms with van der Waals surface area (Å²) in [4.78, 5) is 41.1. The van der Waals surface area contributed by atoms with Crippen LogP contribution in [0.15, 0.2) is 24.3 Å². The van der Waals surface area contributed by atoms with Crippen molar-refractivity contribution in [3.05, 3.63) is 29.8 Å². The van der Waals surface area contributed by atoms with Gasteiger partial charge in [-0.15, -0.1) is 0 Å². The Bertz CT molecular complexity index is 538. The van der Waals surface area contributed by atoms with Crippen LogP contribution in [0.5, 0.6) is 5.75 Å². The number of esters is 4. The number of methoxy groups -OCH3 is 3. The van der Waals surface area contributed by atoms with E-state index in [1.54, 1.807) is 12.1 Å². The van der Waals surface area contributed by atoms with E-state index in [0.29, 0.717) is 0 Å². The van der Waals surface area contributed by atoms with Gasteiger partial charge in [0.15, 0.2) is 0 Å². The van der Waals surface area contributed by atoms with Crippen LogP contribution < -0.4 is 4.74 Å². The van der Waals surface area contributed by atoms with Gasteiger partial charge in [0.2, 0.25) is 0 Å². The summed E-state index contributed by atoms with van der Waals surface area (Å²) in [6.07, 6.45) is 0. The highest BCUT2D eigenvalue weighted by Crippen LogP contribution is 2.18. The highest BCUT2D eigenvalue weighted by atomic mass is 16.5. The molecule has 0 bridgehead atoms. The SMILES string of the molecule is CC.COC(=O)c1ccccc1OC(C)=O.COC(C)=O.COC(C)=O. The first kappa shape index (κ1) is 27.9. The van der Waals surface area contributed by atoms with E-state index in [4.69, 9.17) is 4.74 Å². The second kappa shape index (κ2) is 18.4. The Morgan fingerprint density at radius 2 is 1.08 bits per heavy atom. The van der Waals surface area contributed by atoms with Gasteiger partial charge in [0, 0.05) is 20.8 Å². The highest BCUT2D eigenvalue weighted by Gasteiger charge is 2.12. The standard InChI is InChI=1S/C10H10O4.2C3H6O2.C2H6/c1-7(11)14-9-6-4-3-5-8(9)10(12)13-2;2*1-3(4)5-2;1-2/h3-6H,1-2H3;2*1-2H3;1-2H3. The molecular formula is C18H28O8. The van der Waals surface area contributed by atoms with Gasteiger partial charge in [-0.25, -0.2) is 4.79 Å². The van der Waals surface area contributed by atoms with Gasteiger partial charge in [0.05, 0.1) is 21.3 Å². The van der Waals surface area contributed by atoms with Crippen LogP contribution >= 0.6 is 0 Å². The van der Waals surface area contributed by atoms with Crippen molar-refractivity contribution < 1.29 is 38.1 Å². The van der Waals surface area contributed by atoms with E-state index in [9.17, 15) is 19.2 Å². The first-order valence-electron chi connectivity index (χ1n) is 7.64. The monoisotopic (exact) mass is 372 g/mol. The van der Waals surface area contributed by atoms with Crippen molar-refractivity contribution in [1.29, 1.82) is 0 Å². The smallest absolute Gasteiger partial charge is 0.341 e. The van der Waals surface area contributed by atoms with E-state index in [2.05, 4.69) is 14.2 Å². The molecule has 0 aromatic heterocycles. The third kappa shape index (κ3) is 17.5. The molecule has 0 unspecified atom stereocenters. The summed E-state index contributed by atoms with van der Waals surface area (Å²) in [6, 6.07) is 6.40.